The van der Waals surface area contributed by atoms with E-state index in [0.717, 1.165) is 37.0 Å². The lowest BCUT2D eigenvalue weighted by atomic mass is 9.49. The van der Waals surface area contributed by atoms with Gasteiger partial charge in [-0.05, 0) is 78.7 Å². The Labute approximate surface area is 134 Å². The van der Waals surface area contributed by atoms with Gasteiger partial charge in [0.1, 0.15) is 0 Å². The van der Waals surface area contributed by atoms with Gasteiger partial charge in [0.25, 0.3) is 0 Å². The van der Waals surface area contributed by atoms with Crippen molar-refractivity contribution in [3.8, 4) is 5.82 Å². The van der Waals surface area contributed by atoms with Gasteiger partial charge in [0, 0.05) is 12.4 Å². The molecule has 6 heteroatoms. The Morgan fingerprint density at radius 3 is 2.30 bits per heavy atom. The number of rotatable bonds is 3. The molecule has 4 saturated carbocycles. The molecule has 2 aromatic heterocycles. The zero-order chi connectivity index (χ0) is 15.4. The fourth-order valence-electron chi connectivity index (χ4n) is 5.54. The van der Waals surface area contributed by atoms with Gasteiger partial charge in [0.15, 0.2) is 0 Å². The summed E-state index contributed by atoms with van der Waals surface area (Å²) in [7, 11) is 0. The van der Waals surface area contributed by atoms with Crippen LogP contribution in [0.4, 0.5) is 5.82 Å². The monoisotopic (exact) mass is 312 g/mol. The largest absolute Gasteiger partial charge is 0.304 e. The molecule has 4 fully saturated rings. The van der Waals surface area contributed by atoms with Crippen LogP contribution in [0.5, 0.6) is 0 Å². The van der Waals surface area contributed by atoms with Crippen molar-refractivity contribution in [3.05, 3.63) is 24.5 Å². The lowest BCUT2D eigenvalue weighted by Gasteiger charge is -2.55. The van der Waals surface area contributed by atoms with E-state index in [1.54, 1.807) is 4.57 Å². The lowest BCUT2D eigenvalue weighted by molar-refractivity contribution is -0.140. The van der Waals surface area contributed by atoms with Crippen molar-refractivity contribution in [2.75, 3.05) is 5.32 Å². The van der Waals surface area contributed by atoms with Crippen molar-refractivity contribution in [1.82, 2.24) is 14.9 Å². The quantitative estimate of drug-likeness (QED) is 0.945. The first-order valence-electron chi connectivity index (χ1n) is 8.49. The summed E-state index contributed by atoms with van der Waals surface area (Å²) in [5.41, 5.74) is -0.193. The standard InChI is InChI=1S/C17H20N4O2/c22-16(17-8-11-5-12(9-17)7-13(6-11)10-17)18-14-15(20-23-19-14)21-3-1-2-4-21/h1-4,11-13H,5-10H2,(H,18,19,22). The van der Waals surface area contributed by atoms with Crippen LogP contribution >= 0.6 is 0 Å². The molecule has 0 spiro atoms. The molecular weight excluding hydrogens is 292 g/mol. The second kappa shape index (κ2) is 4.69. The normalized spacial score (nSPS) is 34.7. The molecule has 0 radical (unpaired) electrons. The zero-order valence-electron chi connectivity index (χ0n) is 12.9. The molecule has 1 N–H and O–H groups in total. The van der Waals surface area contributed by atoms with Gasteiger partial charge in [-0.25, -0.2) is 4.63 Å². The summed E-state index contributed by atoms with van der Waals surface area (Å²) in [6.45, 7) is 0. The summed E-state index contributed by atoms with van der Waals surface area (Å²) < 4.78 is 6.65. The molecule has 4 aliphatic carbocycles. The Kier molecular flexibility index (Phi) is 2.72. The highest BCUT2D eigenvalue weighted by Gasteiger charge is 2.54. The van der Waals surface area contributed by atoms with Crippen LogP contribution < -0.4 is 5.32 Å². The highest BCUT2D eigenvalue weighted by Crippen LogP contribution is 2.60. The Morgan fingerprint density at radius 2 is 1.70 bits per heavy atom. The molecule has 0 aromatic carbocycles. The number of anilines is 1. The zero-order valence-corrected chi connectivity index (χ0v) is 12.9. The number of aromatic nitrogens is 3. The number of nitrogens with zero attached hydrogens (tertiary/aromatic N) is 3. The van der Waals surface area contributed by atoms with Crippen LogP contribution in [0.15, 0.2) is 29.2 Å². The Balaban J connectivity index is 1.41. The molecule has 4 bridgehead atoms. The fourth-order valence-corrected chi connectivity index (χ4v) is 5.54. The third kappa shape index (κ3) is 2.04. The van der Waals surface area contributed by atoms with E-state index in [1.807, 2.05) is 24.5 Å². The first-order chi connectivity index (χ1) is 11.2. The number of hydrogen-bond acceptors (Lipinski definition) is 4. The van der Waals surface area contributed by atoms with Crippen LogP contribution in [-0.2, 0) is 4.79 Å². The molecule has 120 valence electrons. The molecule has 0 unspecified atom stereocenters. The lowest BCUT2D eigenvalue weighted by Crippen LogP contribution is -2.51. The maximum Gasteiger partial charge on any atom is 0.231 e. The van der Waals surface area contributed by atoms with Gasteiger partial charge in [0.05, 0.1) is 5.41 Å². The van der Waals surface area contributed by atoms with Gasteiger partial charge >= 0.3 is 0 Å². The second-order valence-corrected chi connectivity index (χ2v) is 7.68. The van der Waals surface area contributed by atoms with Crippen molar-refractivity contribution in [3.63, 3.8) is 0 Å². The summed E-state index contributed by atoms with van der Waals surface area (Å²) in [5, 5.41) is 10.8. The highest BCUT2D eigenvalue weighted by molar-refractivity contribution is 5.96. The molecule has 2 aromatic rings. The van der Waals surface area contributed by atoms with E-state index in [9.17, 15) is 4.79 Å². The van der Waals surface area contributed by atoms with Crippen LogP contribution in [0.1, 0.15) is 38.5 Å². The first kappa shape index (κ1) is 13.3. The van der Waals surface area contributed by atoms with Crippen molar-refractivity contribution in [2.24, 2.45) is 23.2 Å². The van der Waals surface area contributed by atoms with Crippen LogP contribution in [0.2, 0.25) is 0 Å². The van der Waals surface area contributed by atoms with Gasteiger partial charge in [-0.1, -0.05) is 0 Å². The first-order valence-corrected chi connectivity index (χ1v) is 8.49. The van der Waals surface area contributed by atoms with E-state index in [0.29, 0.717) is 11.6 Å². The molecule has 0 saturated heterocycles. The number of nitrogens with one attached hydrogen (secondary N) is 1. The van der Waals surface area contributed by atoms with E-state index in [1.165, 1.54) is 19.3 Å². The maximum atomic E-state index is 13.1. The van der Waals surface area contributed by atoms with Crippen molar-refractivity contribution in [2.45, 2.75) is 38.5 Å². The Hall–Kier alpha value is -2.11. The van der Waals surface area contributed by atoms with Gasteiger partial charge in [-0.2, -0.15) is 0 Å². The maximum absolute atomic E-state index is 13.1. The van der Waals surface area contributed by atoms with Crippen LogP contribution in [0.25, 0.3) is 5.82 Å². The van der Waals surface area contributed by atoms with Gasteiger partial charge in [0.2, 0.25) is 17.5 Å². The van der Waals surface area contributed by atoms with Gasteiger partial charge in [-0.3, -0.25) is 4.79 Å². The smallest absolute Gasteiger partial charge is 0.231 e. The van der Waals surface area contributed by atoms with Crippen molar-refractivity contribution >= 4 is 11.7 Å². The molecule has 1 amide bonds. The fraction of sp³-hybridized carbons (Fsp3) is 0.588. The topological polar surface area (TPSA) is 73.0 Å². The minimum atomic E-state index is -0.193. The number of hydrogen-bond donors (Lipinski definition) is 1. The van der Waals surface area contributed by atoms with E-state index in [4.69, 9.17) is 4.63 Å². The van der Waals surface area contributed by atoms with Gasteiger partial charge in [-0.15, -0.1) is 0 Å². The Bertz CT molecular complexity index is 698. The number of carbonyl (C=O) groups excluding carboxylic acids is 1. The summed E-state index contributed by atoms with van der Waals surface area (Å²) in [6.07, 6.45) is 10.8. The average Bonchev–Trinajstić information content (AvgIpc) is 3.16. The summed E-state index contributed by atoms with van der Waals surface area (Å²) in [5.74, 6) is 3.29. The third-order valence-corrected chi connectivity index (χ3v) is 6.07. The third-order valence-electron chi connectivity index (χ3n) is 6.07. The second-order valence-electron chi connectivity index (χ2n) is 7.68. The average molecular weight is 312 g/mol. The molecule has 0 aliphatic heterocycles. The molecule has 4 aliphatic rings. The Morgan fingerprint density at radius 1 is 1.09 bits per heavy atom. The van der Waals surface area contributed by atoms with E-state index < -0.39 is 0 Å². The van der Waals surface area contributed by atoms with Gasteiger partial charge < -0.3 is 9.88 Å². The number of amides is 1. The minimum Gasteiger partial charge on any atom is -0.304 e. The summed E-state index contributed by atoms with van der Waals surface area (Å²) in [4.78, 5) is 13.1. The van der Waals surface area contributed by atoms with Crippen LogP contribution in [0.3, 0.4) is 0 Å². The minimum absolute atomic E-state index is 0.112. The molecule has 0 atom stereocenters. The molecule has 6 nitrogen and oxygen atoms in total. The van der Waals surface area contributed by atoms with Crippen LogP contribution in [0, 0.1) is 23.2 Å². The van der Waals surface area contributed by atoms with Crippen molar-refractivity contribution in [1.29, 1.82) is 0 Å². The highest BCUT2D eigenvalue weighted by atomic mass is 16.6. The van der Waals surface area contributed by atoms with Crippen molar-refractivity contribution < 1.29 is 9.42 Å². The van der Waals surface area contributed by atoms with E-state index >= 15 is 0 Å². The number of carbonyl (C=O) groups is 1. The predicted molar refractivity (Wildman–Crippen MR) is 82.9 cm³/mol. The van der Waals surface area contributed by atoms with E-state index in [2.05, 4.69) is 15.6 Å². The molecular formula is C17H20N4O2. The summed E-state index contributed by atoms with van der Waals surface area (Å²) >= 11 is 0. The molecule has 2 heterocycles. The van der Waals surface area contributed by atoms with E-state index in [-0.39, 0.29) is 11.3 Å². The van der Waals surface area contributed by atoms with Crippen LogP contribution in [-0.4, -0.2) is 20.8 Å². The predicted octanol–water partition coefficient (Wildman–Crippen LogP) is 3.02. The molecule has 23 heavy (non-hydrogen) atoms. The summed E-state index contributed by atoms with van der Waals surface area (Å²) in [6, 6.07) is 3.80. The molecule has 6 rings (SSSR count). The SMILES string of the molecule is O=C(Nc1nonc1-n1cccc1)C12CC3CC(CC(C3)C1)C2.